The van der Waals surface area contributed by atoms with Crippen LogP contribution in [0.4, 0.5) is 23.7 Å². The first-order chi connectivity index (χ1) is 10.8. The fraction of sp³-hybridized carbons (Fsp3) is 0.588. The molecular weight excluding hydrogens is 305 g/mol. The predicted molar refractivity (Wildman–Crippen MR) is 86.4 cm³/mol. The number of rotatable bonds is 8. The van der Waals surface area contributed by atoms with Crippen molar-refractivity contribution < 1.29 is 18.0 Å². The molecule has 23 heavy (non-hydrogen) atoms. The minimum absolute atomic E-state index is 0.134. The summed E-state index contributed by atoms with van der Waals surface area (Å²) in [5, 5.41) is 5.08. The third-order valence-corrected chi connectivity index (χ3v) is 3.44. The van der Waals surface area contributed by atoms with E-state index in [1.54, 1.807) is 0 Å². The predicted octanol–water partition coefficient (Wildman–Crippen LogP) is 5.43. The molecule has 0 heterocycles. The number of unbranched alkanes of at least 4 members (excludes halogenated alkanes) is 3. The van der Waals surface area contributed by atoms with Crippen LogP contribution in [0.1, 0.15) is 51.5 Å². The smallest absolute Gasteiger partial charge is 0.338 e. The van der Waals surface area contributed by atoms with Crippen molar-refractivity contribution in [2.75, 3.05) is 11.9 Å². The minimum Gasteiger partial charge on any atom is -0.338 e. The van der Waals surface area contributed by atoms with Gasteiger partial charge in [-0.15, -0.1) is 0 Å². The molecule has 0 aromatic heterocycles. The molecule has 0 radical (unpaired) electrons. The molecule has 1 aromatic rings. The Hall–Kier alpha value is -1.72. The molecule has 0 saturated heterocycles. The van der Waals surface area contributed by atoms with Crippen molar-refractivity contribution in [2.45, 2.75) is 52.1 Å². The maximum atomic E-state index is 12.6. The van der Waals surface area contributed by atoms with Crippen LogP contribution < -0.4 is 10.6 Å². The Morgan fingerprint density at radius 2 is 1.83 bits per heavy atom. The Morgan fingerprint density at radius 1 is 1.13 bits per heavy atom. The van der Waals surface area contributed by atoms with E-state index >= 15 is 0 Å². The van der Waals surface area contributed by atoms with E-state index in [1.165, 1.54) is 25.0 Å². The second kappa shape index (κ2) is 9.43. The highest BCUT2D eigenvalue weighted by molar-refractivity contribution is 5.89. The van der Waals surface area contributed by atoms with Crippen molar-refractivity contribution in [3.8, 4) is 0 Å². The Bertz CT molecular complexity index is 487. The first-order valence-electron chi connectivity index (χ1n) is 8.01. The lowest BCUT2D eigenvalue weighted by molar-refractivity contribution is -0.137. The molecule has 0 aliphatic carbocycles. The maximum absolute atomic E-state index is 12.6. The van der Waals surface area contributed by atoms with E-state index in [4.69, 9.17) is 0 Å². The molecule has 0 spiro atoms. The van der Waals surface area contributed by atoms with Gasteiger partial charge in [0.25, 0.3) is 0 Å². The second-order valence-corrected chi connectivity index (χ2v) is 6.06. The SMILES string of the molecule is CC(C)CCCCCCNC(=O)Nc1cccc(C(F)(F)F)c1. The monoisotopic (exact) mass is 330 g/mol. The number of halogens is 3. The minimum atomic E-state index is -4.41. The van der Waals surface area contributed by atoms with Crippen molar-refractivity contribution in [1.82, 2.24) is 5.32 Å². The van der Waals surface area contributed by atoms with Gasteiger partial charge >= 0.3 is 12.2 Å². The zero-order chi connectivity index (χ0) is 17.3. The molecule has 130 valence electrons. The van der Waals surface area contributed by atoms with Gasteiger partial charge in [0.05, 0.1) is 5.56 Å². The number of alkyl halides is 3. The molecule has 0 unspecified atom stereocenters. The highest BCUT2D eigenvalue weighted by Crippen LogP contribution is 2.30. The molecular formula is C17H25F3N2O. The Morgan fingerprint density at radius 3 is 2.48 bits per heavy atom. The van der Waals surface area contributed by atoms with Gasteiger partial charge in [-0.25, -0.2) is 4.79 Å². The number of amides is 2. The first-order valence-corrected chi connectivity index (χ1v) is 8.01. The topological polar surface area (TPSA) is 41.1 Å². The van der Waals surface area contributed by atoms with E-state index in [-0.39, 0.29) is 5.69 Å². The van der Waals surface area contributed by atoms with Crippen molar-refractivity contribution in [3.05, 3.63) is 29.8 Å². The average Bonchev–Trinajstić information content (AvgIpc) is 2.45. The number of anilines is 1. The fourth-order valence-electron chi connectivity index (χ4n) is 2.18. The molecule has 2 amide bonds. The van der Waals surface area contributed by atoms with Gasteiger partial charge < -0.3 is 10.6 Å². The van der Waals surface area contributed by atoms with E-state index < -0.39 is 17.8 Å². The van der Waals surface area contributed by atoms with Crippen LogP contribution in [0.3, 0.4) is 0 Å². The van der Waals surface area contributed by atoms with Crippen LogP contribution in [-0.4, -0.2) is 12.6 Å². The molecule has 0 aliphatic heterocycles. The summed E-state index contributed by atoms with van der Waals surface area (Å²) in [6.45, 7) is 4.91. The Kier molecular flexibility index (Phi) is 7.92. The van der Waals surface area contributed by atoms with Crippen LogP contribution in [0.15, 0.2) is 24.3 Å². The maximum Gasteiger partial charge on any atom is 0.416 e. The van der Waals surface area contributed by atoms with Crippen molar-refractivity contribution in [2.24, 2.45) is 5.92 Å². The van der Waals surface area contributed by atoms with Crippen molar-refractivity contribution in [3.63, 3.8) is 0 Å². The Balaban J connectivity index is 2.24. The molecule has 0 saturated carbocycles. The first kappa shape index (κ1) is 19.3. The number of urea groups is 1. The number of carbonyl (C=O) groups is 1. The van der Waals surface area contributed by atoms with Crippen LogP contribution >= 0.6 is 0 Å². The van der Waals surface area contributed by atoms with Crippen LogP contribution in [0.2, 0.25) is 0 Å². The lowest BCUT2D eigenvalue weighted by Gasteiger charge is -2.11. The number of hydrogen-bond acceptors (Lipinski definition) is 1. The van der Waals surface area contributed by atoms with Gasteiger partial charge in [-0.05, 0) is 30.5 Å². The van der Waals surface area contributed by atoms with Gasteiger partial charge in [-0.3, -0.25) is 0 Å². The van der Waals surface area contributed by atoms with Gasteiger partial charge in [0.15, 0.2) is 0 Å². The lowest BCUT2D eigenvalue weighted by atomic mass is 10.0. The van der Waals surface area contributed by atoms with Gasteiger partial charge in [0.2, 0.25) is 0 Å². The summed E-state index contributed by atoms with van der Waals surface area (Å²) in [7, 11) is 0. The second-order valence-electron chi connectivity index (χ2n) is 6.06. The zero-order valence-corrected chi connectivity index (χ0v) is 13.7. The van der Waals surface area contributed by atoms with Gasteiger partial charge in [0, 0.05) is 12.2 Å². The van der Waals surface area contributed by atoms with Crippen LogP contribution in [0.5, 0.6) is 0 Å². The summed E-state index contributed by atoms with van der Waals surface area (Å²) in [5.74, 6) is 0.714. The number of carbonyl (C=O) groups excluding carboxylic acids is 1. The van der Waals surface area contributed by atoms with E-state index in [1.807, 2.05) is 0 Å². The standard InChI is InChI=1S/C17H25F3N2O/c1-13(2)8-5-3-4-6-11-21-16(23)22-15-10-7-9-14(12-15)17(18,19)20/h7,9-10,12-13H,3-6,8,11H2,1-2H3,(H2,21,22,23). The lowest BCUT2D eigenvalue weighted by Crippen LogP contribution is -2.29. The van der Waals surface area contributed by atoms with Crippen LogP contribution in [0.25, 0.3) is 0 Å². The molecule has 1 aromatic carbocycles. The molecule has 6 heteroatoms. The van der Waals surface area contributed by atoms with E-state index in [0.717, 1.165) is 31.4 Å². The quantitative estimate of drug-likeness (QED) is 0.613. The number of nitrogens with one attached hydrogen (secondary N) is 2. The van der Waals surface area contributed by atoms with E-state index in [9.17, 15) is 18.0 Å². The van der Waals surface area contributed by atoms with Crippen LogP contribution in [0, 0.1) is 5.92 Å². The molecule has 0 bridgehead atoms. The zero-order valence-electron chi connectivity index (χ0n) is 13.7. The summed E-state index contributed by atoms with van der Waals surface area (Å²) in [6, 6.07) is 4.12. The summed E-state index contributed by atoms with van der Waals surface area (Å²) in [4.78, 5) is 11.6. The largest absolute Gasteiger partial charge is 0.416 e. The third-order valence-electron chi connectivity index (χ3n) is 3.44. The van der Waals surface area contributed by atoms with Crippen molar-refractivity contribution >= 4 is 11.7 Å². The summed E-state index contributed by atoms with van der Waals surface area (Å²) in [6.07, 6.45) is 1.03. The average molecular weight is 330 g/mol. The molecule has 2 N–H and O–H groups in total. The van der Waals surface area contributed by atoms with Crippen molar-refractivity contribution in [1.29, 1.82) is 0 Å². The number of benzene rings is 1. The van der Waals surface area contributed by atoms with Gasteiger partial charge in [0.1, 0.15) is 0 Å². The molecule has 0 fully saturated rings. The molecule has 0 aliphatic rings. The fourth-order valence-corrected chi connectivity index (χ4v) is 2.18. The molecule has 0 atom stereocenters. The normalized spacial score (nSPS) is 11.6. The van der Waals surface area contributed by atoms with Gasteiger partial charge in [-0.1, -0.05) is 45.6 Å². The van der Waals surface area contributed by atoms with Gasteiger partial charge in [-0.2, -0.15) is 13.2 Å². The van der Waals surface area contributed by atoms with Crippen LogP contribution in [-0.2, 0) is 6.18 Å². The summed E-state index contributed by atoms with van der Waals surface area (Å²) < 4.78 is 37.7. The summed E-state index contributed by atoms with van der Waals surface area (Å²) >= 11 is 0. The van der Waals surface area contributed by atoms with E-state index in [2.05, 4.69) is 24.5 Å². The van der Waals surface area contributed by atoms with E-state index in [0.29, 0.717) is 12.5 Å². The number of hydrogen-bond donors (Lipinski definition) is 2. The highest BCUT2D eigenvalue weighted by Gasteiger charge is 2.30. The third kappa shape index (κ3) is 8.47. The molecule has 1 rings (SSSR count). The highest BCUT2D eigenvalue weighted by atomic mass is 19.4. The molecule has 3 nitrogen and oxygen atoms in total. The summed E-state index contributed by atoms with van der Waals surface area (Å²) in [5.41, 5.74) is -0.644. The Labute approximate surface area is 135 Å².